The van der Waals surface area contributed by atoms with E-state index >= 15 is 0 Å². The Morgan fingerprint density at radius 2 is 1.10 bits per heavy atom. The molecule has 2 aromatic carbocycles. The Labute approximate surface area is 556 Å². The highest BCUT2D eigenvalue weighted by molar-refractivity contribution is 6.30. The maximum absolute atomic E-state index is 14.9. The SMILES string of the molecule is CC(C)C[C@@H]1NC(=O)C(C)(C)N(C)C(=O)[C@H](CC(C)C)NC(=O)[C@H](CCc2ccc(C(F)(F)F)c(F)c2)NC(=O)CN(C)C(=O)[C@H](Cc2ccc(Cl)cc2)N(C)C(=O)CN(C)C(=O)CN(C)C(=O)[C@H](C2CCCCC2)NC(=O)[C@H](CC(C)C)N(C)C(=O)C[C@@H](C)N(C)C1=O. The van der Waals surface area contributed by atoms with E-state index in [-0.39, 0.29) is 74.2 Å². The number of alkyl halides is 3. The Morgan fingerprint density at radius 3 is 1.65 bits per heavy atom. The molecule has 4 N–H and O–H groups in total. The van der Waals surface area contributed by atoms with Gasteiger partial charge in [-0.1, -0.05) is 90.6 Å². The van der Waals surface area contributed by atoms with Crippen LogP contribution < -0.4 is 21.3 Å². The maximum Gasteiger partial charge on any atom is 0.419 e. The van der Waals surface area contributed by atoms with Gasteiger partial charge in [0.1, 0.15) is 47.6 Å². The summed E-state index contributed by atoms with van der Waals surface area (Å²) >= 11 is 6.20. The zero-order chi connectivity index (χ0) is 71.0. The summed E-state index contributed by atoms with van der Waals surface area (Å²) in [6.07, 6.45) is -2.10. The first-order valence-electron chi connectivity index (χ1n) is 32.3. The van der Waals surface area contributed by atoms with Gasteiger partial charge in [-0.15, -0.1) is 0 Å². The summed E-state index contributed by atoms with van der Waals surface area (Å²) in [5.41, 5.74) is -2.70. The number of carbonyl (C=O) groups is 11. The van der Waals surface area contributed by atoms with E-state index in [4.69, 9.17) is 11.6 Å². The van der Waals surface area contributed by atoms with Gasteiger partial charge in [0.15, 0.2) is 0 Å². The minimum Gasteiger partial charge on any atom is -0.343 e. The average Bonchev–Trinajstić information content (AvgIpc) is 0.835. The van der Waals surface area contributed by atoms with Crippen molar-refractivity contribution in [3.05, 3.63) is 70.0 Å². The highest BCUT2D eigenvalue weighted by Crippen LogP contribution is 2.33. The second-order valence-electron chi connectivity index (χ2n) is 27.3. The molecule has 0 radical (unpaired) electrons. The van der Waals surface area contributed by atoms with Crippen LogP contribution in [0.2, 0.25) is 5.02 Å². The Bertz CT molecular complexity index is 3020. The van der Waals surface area contributed by atoms with Crippen LogP contribution in [0.25, 0.3) is 0 Å². The van der Waals surface area contributed by atoms with E-state index in [1.165, 1.54) is 77.9 Å². The van der Waals surface area contributed by atoms with Crippen LogP contribution in [-0.2, 0) is 71.8 Å². The van der Waals surface area contributed by atoms with Crippen molar-refractivity contribution < 1.29 is 70.3 Å². The lowest BCUT2D eigenvalue weighted by atomic mass is 9.83. The van der Waals surface area contributed by atoms with Crippen molar-refractivity contribution in [2.45, 2.75) is 193 Å². The van der Waals surface area contributed by atoms with Crippen molar-refractivity contribution in [2.24, 2.45) is 23.7 Å². The van der Waals surface area contributed by atoms with Gasteiger partial charge in [0.25, 0.3) is 0 Å². The van der Waals surface area contributed by atoms with Crippen LogP contribution in [0.4, 0.5) is 17.6 Å². The number of hydrogen-bond donors (Lipinski definition) is 4. The van der Waals surface area contributed by atoms with Crippen molar-refractivity contribution in [1.29, 1.82) is 0 Å². The first-order valence-corrected chi connectivity index (χ1v) is 32.6. The van der Waals surface area contributed by atoms with E-state index in [1.807, 2.05) is 27.7 Å². The molecule has 1 saturated heterocycles. The first-order chi connectivity index (χ1) is 43.7. The third-order valence-corrected chi connectivity index (χ3v) is 18.1. The molecule has 11 amide bonds. The van der Waals surface area contributed by atoms with Gasteiger partial charge in [-0.3, -0.25) is 52.7 Å². The van der Waals surface area contributed by atoms with E-state index in [0.29, 0.717) is 35.6 Å². The van der Waals surface area contributed by atoms with E-state index in [9.17, 15) is 70.3 Å². The number of rotatable bonds is 12. The molecule has 4 rings (SSSR count). The number of amides is 11. The summed E-state index contributed by atoms with van der Waals surface area (Å²) in [7, 11) is 9.64. The number of halogens is 5. The Kier molecular flexibility index (Phi) is 29.3. The third-order valence-electron chi connectivity index (χ3n) is 17.9. The Hall–Kier alpha value is -7.38. The number of carbonyl (C=O) groups excluding carboxylic acids is 11. The molecule has 0 bridgehead atoms. The minimum atomic E-state index is -5.01. The van der Waals surface area contributed by atoms with Crippen LogP contribution >= 0.6 is 11.6 Å². The van der Waals surface area contributed by atoms with Crippen molar-refractivity contribution in [3.8, 4) is 0 Å². The van der Waals surface area contributed by atoms with Gasteiger partial charge < -0.3 is 55.6 Å². The molecule has 0 aromatic heterocycles. The molecule has 27 heteroatoms. The van der Waals surface area contributed by atoms with E-state index in [2.05, 4.69) is 21.3 Å². The largest absolute Gasteiger partial charge is 0.419 e. The summed E-state index contributed by atoms with van der Waals surface area (Å²) < 4.78 is 55.8. The summed E-state index contributed by atoms with van der Waals surface area (Å²) in [4.78, 5) is 168. The summed E-state index contributed by atoms with van der Waals surface area (Å²) in [5.74, 6) is -10.3. The molecule has 2 aliphatic rings. The van der Waals surface area contributed by atoms with Crippen LogP contribution in [-0.4, -0.2) is 216 Å². The number of hydrogen-bond acceptors (Lipinski definition) is 11. The van der Waals surface area contributed by atoms with Gasteiger partial charge in [0, 0.05) is 73.2 Å². The van der Waals surface area contributed by atoms with Crippen LogP contribution in [0, 0.1) is 29.5 Å². The van der Waals surface area contributed by atoms with Gasteiger partial charge >= 0.3 is 6.18 Å². The molecule has 1 aliphatic carbocycles. The quantitative estimate of drug-likeness (QED) is 0.183. The fourth-order valence-electron chi connectivity index (χ4n) is 11.6. The molecule has 0 unspecified atom stereocenters. The standard InChI is InChI=1S/C67H100ClF4N11O11/c1-39(2)30-50-61(90)80(13)42(7)33-55(85)81(14)52(32-41(5)6)60(89)76-58(45-20-18-17-19-21-45)64(93)79(12)37-56(86)77(10)38-57(87)82(15)53(35-44-22-26-46(68)27-23-44)63(92)78(11)36-54(84)73-49(29-25-43-24-28-47(48(69)34-43)67(70,71)72)59(88)74-51(31-40(3)4)62(91)83(16)66(8,9)65(94)75-50/h22-24,26-28,34,39-42,45,49-53,58H,17-21,25,29-33,35-38H2,1-16H3,(H,73,84)(H,74,88)(H,75,94)(H,76,89)/t42-,49+,50+,51+,52+,53+,58+/m1/s1. The molecule has 2 fully saturated rings. The van der Waals surface area contributed by atoms with Crippen molar-refractivity contribution in [2.75, 3.05) is 69.0 Å². The third kappa shape index (κ3) is 22.4. The fraction of sp³-hybridized carbons (Fsp3) is 0.657. The van der Waals surface area contributed by atoms with Gasteiger partial charge in [0.2, 0.25) is 65.0 Å². The second kappa shape index (κ2) is 34.9. The number of nitrogens with zero attached hydrogens (tertiary/aromatic N) is 7. The van der Waals surface area contributed by atoms with Crippen LogP contribution in [0.3, 0.4) is 0 Å². The molecule has 1 heterocycles. The van der Waals surface area contributed by atoms with Crippen LogP contribution in [0.15, 0.2) is 42.5 Å². The van der Waals surface area contributed by atoms with Crippen molar-refractivity contribution in [3.63, 3.8) is 0 Å². The Balaban J connectivity index is 1.84. The van der Waals surface area contributed by atoms with Crippen LogP contribution in [0.1, 0.15) is 143 Å². The number of benzene rings is 2. The fourth-order valence-corrected chi connectivity index (χ4v) is 11.7. The molecule has 0 spiro atoms. The lowest BCUT2D eigenvalue weighted by Crippen LogP contribution is -2.63. The highest BCUT2D eigenvalue weighted by Gasteiger charge is 2.43. The molecule has 1 aliphatic heterocycles. The molecule has 94 heavy (non-hydrogen) atoms. The predicted molar refractivity (Wildman–Crippen MR) is 347 cm³/mol. The van der Waals surface area contributed by atoms with E-state index in [1.54, 1.807) is 45.0 Å². The Morgan fingerprint density at radius 1 is 0.564 bits per heavy atom. The highest BCUT2D eigenvalue weighted by atomic mass is 35.5. The monoisotopic (exact) mass is 1350 g/mol. The van der Waals surface area contributed by atoms with E-state index in [0.717, 1.165) is 44.9 Å². The van der Waals surface area contributed by atoms with Crippen LogP contribution in [0.5, 0.6) is 0 Å². The summed E-state index contributed by atoms with van der Waals surface area (Å²) in [6, 6.07) is 0.134. The lowest BCUT2D eigenvalue weighted by molar-refractivity contribution is -0.149. The van der Waals surface area contributed by atoms with Crippen molar-refractivity contribution in [1.82, 2.24) is 55.6 Å². The van der Waals surface area contributed by atoms with Gasteiger partial charge in [-0.05, 0) is 125 Å². The van der Waals surface area contributed by atoms with Gasteiger partial charge in [-0.2, -0.15) is 13.2 Å². The van der Waals surface area contributed by atoms with Gasteiger partial charge in [0.05, 0.1) is 25.2 Å². The smallest absolute Gasteiger partial charge is 0.343 e. The first kappa shape index (κ1) is 79.1. The predicted octanol–water partition coefficient (Wildman–Crippen LogP) is 5.85. The lowest BCUT2D eigenvalue weighted by Gasteiger charge is -2.39. The summed E-state index contributed by atoms with van der Waals surface area (Å²) in [6.45, 7) is 13.6. The molecule has 1 saturated carbocycles. The molecule has 524 valence electrons. The molecule has 7 atom stereocenters. The summed E-state index contributed by atoms with van der Waals surface area (Å²) in [5, 5.41) is 11.5. The topological polar surface area (TPSA) is 259 Å². The number of nitrogens with one attached hydrogen (secondary N) is 4. The zero-order valence-corrected chi connectivity index (χ0v) is 58.3. The maximum atomic E-state index is 14.9. The number of aryl methyl sites for hydroxylation is 1. The number of likely N-dealkylation sites (N-methyl/N-ethyl adjacent to an activating group) is 7. The molecular weight excluding hydrogens is 1250 g/mol. The van der Waals surface area contributed by atoms with Gasteiger partial charge in [-0.25, -0.2) is 4.39 Å². The molecular formula is C67H100ClF4N11O11. The molecule has 22 nitrogen and oxygen atoms in total. The molecule has 2 aromatic rings. The van der Waals surface area contributed by atoms with Crippen molar-refractivity contribution >= 4 is 76.6 Å². The zero-order valence-electron chi connectivity index (χ0n) is 57.5. The van der Waals surface area contributed by atoms with E-state index < -0.39 is 150 Å². The second-order valence-corrected chi connectivity index (χ2v) is 27.7. The minimum absolute atomic E-state index is 0.0160. The normalized spacial score (nSPS) is 24.1. The average molecular weight is 1350 g/mol.